The van der Waals surface area contributed by atoms with Crippen molar-refractivity contribution in [3.8, 4) is 0 Å². The van der Waals surface area contributed by atoms with Crippen LogP contribution in [0.25, 0.3) is 0 Å². The second-order valence-corrected chi connectivity index (χ2v) is 4.35. The Morgan fingerprint density at radius 3 is 1.88 bits per heavy atom. The van der Waals surface area contributed by atoms with Crippen LogP contribution in [0.15, 0.2) is 24.3 Å². The monoisotopic (exact) mass is 334 g/mol. The molecule has 0 aliphatic carbocycles. The zero-order chi connectivity index (χ0) is 12.1. The topological polar surface area (TPSA) is 52.6 Å². The van der Waals surface area contributed by atoms with Crippen molar-refractivity contribution in [2.75, 3.05) is 0 Å². The molecule has 86 valence electrons. The summed E-state index contributed by atoms with van der Waals surface area (Å²) in [7, 11) is 0. The number of carbonyl (C=O) groups excluding carboxylic acids is 2. The molecule has 0 amide bonds. The van der Waals surface area contributed by atoms with Gasteiger partial charge in [0.05, 0.1) is 0 Å². The first kappa shape index (κ1) is 13.0. The van der Waals surface area contributed by atoms with Gasteiger partial charge in [-0.1, -0.05) is 12.1 Å². The molecule has 0 aliphatic heterocycles. The van der Waals surface area contributed by atoms with Crippen LogP contribution in [-0.4, -0.2) is 11.9 Å². The zero-order valence-electron chi connectivity index (χ0n) is 8.90. The number of benzene rings is 1. The van der Waals surface area contributed by atoms with Crippen molar-refractivity contribution in [3.05, 3.63) is 33.4 Å². The summed E-state index contributed by atoms with van der Waals surface area (Å²) in [6, 6.07) is 7.18. The first-order chi connectivity index (χ1) is 7.49. The minimum absolute atomic E-state index is 0.496. The van der Waals surface area contributed by atoms with Crippen molar-refractivity contribution in [1.82, 2.24) is 0 Å². The molecular formula is C11H11IO4. The Kier molecular flexibility index (Phi) is 4.72. The lowest BCUT2D eigenvalue weighted by atomic mass is 10.2. The molecule has 1 aromatic rings. The Labute approximate surface area is 107 Å². The quantitative estimate of drug-likeness (QED) is 0.484. The van der Waals surface area contributed by atoms with E-state index in [4.69, 9.17) is 9.47 Å². The van der Waals surface area contributed by atoms with E-state index >= 15 is 0 Å². The van der Waals surface area contributed by atoms with Gasteiger partial charge in [-0.15, -0.1) is 0 Å². The number of hydrogen-bond acceptors (Lipinski definition) is 4. The molecule has 1 rings (SSSR count). The van der Waals surface area contributed by atoms with E-state index in [9.17, 15) is 9.59 Å². The van der Waals surface area contributed by atoms with E-state index in [-0.39, 0.29) is 0 Å². The van der Waals surface area contributed by atoms with E-state index in [0.29, 0.717) is 5.56 Å². The van der Waals surface area contributed by atoms with Crippen molar-refractivity contribution in [2.24, 2.45) is 0 Å². The Balaban J connectivity index is 2.86. The minimum atomic E-state index is -0.966. The van der Waals surface area contributed by atoms with Gasteiger partial charge < -0.3 is 9.47 Å². The maximum Gasteiger partial charge on any atom is 0.305 e. The normalized spacial score (nSPS) is 10.0. The predicted molar refractivity (Wildman–Crippen MR) is 65.4 cm³/mol. The van der Waals surface area contributed by atoms with E-state index in [1.165, 1.54) is 13.8 Å². The Morgan fingerprint density at radius 2 is 1.50 bits per heavy atom. The Bertz CT molecular complexity index is 369. The third kappa shape index (κ3) is 4.18. The largest absolute Gasteiger partial charge is 0.421 e. The van der Waals surface area contributed by atoms with Crippen LogP contribution in [0.1, 0.15) is 25.7 Å². The van der Waals surface area contributed by atoms with Gasteiger partial charge in [0, 0.05) is 23.0 Å². The smallest absolute Gasteiger partial charge is 0.305 e. The standard InChI is InChI=1S/C11H11IO4/c1-7(13)15-11(16-8(2)14)9-3-5-10(12)6-4-9/h3-6,11H,1-2H3. The molecule has 0 atom stereocenters. The second-order valence-electron chi connectivity index (χ2n) is 3.10. The van der Waals surface area contributed by atoms with Crippen molar-refractivity contribution in [3.63, 3.8) is 0 Å². The summed E-state index contributed by atoms with van der Waals surface area (Å²) in [5, 5.41) is 0. The summed E-state index contributed by atoms with van der Waals surface area (Å²) >= 11 is 2.16. The van der Waals surface area contributed by atoms with Gasteiger partial charge in [0.2, 0.25) is 0 Å². The van der Waals surface area contributed by atoms with E-state index in [1.54, 1.807) is 12.1 Å². The molecule has 0 bridgehead atoms. The fourth-order valence-corrected chi connectivity index (χ4v) is 1.44. The number of esters is 2. The molecule has 0 heterocycles. The summed E-state index contributed by atoms with van der Waals surface area (Å²) in [4.78, 5) is 21.7. The van der Waals surface area contributed by atoms with Gasteiger partial charge in [0.25, 0.3) is 6.29 Å². The van der Waals surface area contributed by atoms with Gasteiger partial charge in [-0.2, -0.15) is 0 Å². The maximum atomic E-state index is 10.9. The van der Waals surface area contributed by atoms with Gasteiger partial charge in [-0.25, -0.2) is 0 Å². The molecule has 16 heavy (non-hydrogen) atoms. The summed E-state index contributed by atoms with van der Waals surface area (Å²) < 4.78 is 10.9. The molecule has 0 spiro atoms. The highest BCUT2D eigenvalue weighted by molar-refractivity contribution is 14.1. The first-order valence-corrected chi connectivity index (χ1v) is 5.67. The highest BCUT2D eigenvalue weighted by Crippen LogP contribution is 2.20. The molecule has 0 saturated heterocycles. The Morgan fingerprint density at radius 1 is 1.06 bits per heavy atom. The molecule has 0 fully saturated rings. The van der Waals surface area contributed by atoms with E-state index < -0.39 is 18.2 Å². The van der Waals surface area contributed by atoms with Crippen LogP contribution in [0, 0.1) is 3.57 Å². The lowest BCUT2D eigenvalue weighted by Gasteiger charge is -2.16. The maximum absolute atomic E-state index is 10.9. The zero-order valence-corrected chi connectivity index (χ0v) is 11.1. The lowest BCUT2D eigenvalue weighted by Crippen LogP contribution is -2.14. The minimum Gasteiger partial charge on any atom is -0.421 e. The van der Waals surface area contributed by atoms with Crippen LogP contribution >= 0.6 is 22.6 Å². The predicted octanol–water partition coefficient (Wildman–Crippen LogP) is 2.42. The summed E-state index contributed by atoms with van der Waals surface area (Å²) in [6.07, 6.45) is -0.966. The SMILES string of the molecule is CC(=O)OC(OC(C)=O)c1ccc(I)cc1. The fraction of sp³-hybridized carbons (Fsp3) is 0.273. The molecule has 1 aromatic carbocycles. The molecule has 5 heteroatoms. The molecule has 0 aliphatic rings. The molecule has 0 N–H and O–H groups in total. The second kappa shape index (κ2) is 5.83. The highest BCUT2D eigenvalue weighted by atomic mass is 127. The number of halogens is 1. The summed E-state index contributed by atoms with van der Waals surface area (Å²) in [6.45, 7) is 2.53. The van der Waals surface area contributed by atoms with Gasteiger partial charge in [0.15, 0.2) is 0 Å². The highest BCUT2D eigenvalue weighted by Gasteiger charge is 2.17. The first-order valence-electron chi connectivity index (χ1n) is 4.59. The van der Waals surface area contributed by atoms with Crippen LogP contribution in [0.2, 0.25) is 0 Å². The van der Waals surface area contributed by atoms with E-state index in [1.807, 2.05) is 12.1 Å². The van der Waals surface area contributed by atoms with Crippen molar-refractivity contribution in [2.45, 2.75) is 20.1 Å². The van der Waals surface area contributed by atoms with Gasteiger partial charge >= 0.3 is 11.9 Å². The van der Waals surface area contributed by atoms with Crippen LogP contribution in [0.4, 0.5) is 0 Å². The average Bonchev–Trinajstić information content (AvgIpc) is 2.16. The molecule has 0 unspecified atom stereocenters. The number of ether oxygens (including phenoxy) is 2. The van der Waals surface area contributed by atoms with Crippen molar-refractivity contribution in [1.29, 1.82) is 0 Å². The van der Waals surface area contributed by atoms with Crippen LogP contribution in [0.5, 0.6) is 0 Å². The third-order valence-electron chi connectivity index (χ3n) is 1.69. The van der Waals surface area contributed by atoms with Crippen LogP contribution < -0.4 is 0 Å². The summed E-state index contributed by atoms with van der Waals surface area (Å²) in [5.41, 5.74) is 0.630. The van der Waals surface area contributed by atoms with Gasteiger partial charge in [0.1, 0.15) is 0 Å². The number of rotatable bonds is 3. The molecular weight excluding hydrogens is 323 g/mol. The Hall–Kier alpha value is -1.11. The van der Waals surface area contributed by atoms with E-state index in [0.717, 1.165) is 3.57 Å². The molecule has 0 saturated carbocycles. The van der Waals surface area contributed by atoms with Crippen LogP contribution in [0.3, 0.4) is 0 Å². The number of carbonyl (C=O) groups is 2. The lowest BCUT2D eigenvalue weighted by molar-refractivity contribution is -0.186. The van der Waals surface area contributed by atoms with Crippen molar-refractivity contribution >= 4 is 34.5 Å². The molecule has 0 aromatic heterocycles. The van der Waals surface area contributed by atoms with Crippen LogP contribution in [-0.2, 0) is 19.1 Å². The molecule has 0 radical (unpaired) electrons. The average molecular weight is 334 g/mol. The van der Waals surface area contributed by atoms with Gasteiger partial charge in [-0.05, 0) is 34.7 Å². The molecule has 4 nitrogen and oxygen atoms in total. The van der Waals surface area contributed by atoms with E-state index in [2.05, 4.69) is 22.6 Å². The third-order valence-corrected chi connectivity index (χ3v) is 2.41. The summed E-state index contributed by atoms with van der Waals surface area (Å²) in [5.74, 6) is -0.991. The van der Waals surface area contributed by atoms with Gasteiger partial charge in [-0.3, -0.25) is 9.59 Å². The number of hydrogen-bond donors (Lipinski definition) is 0. The van der Waals surface area contributed by atoms with Crippen molar-refractivity contribution < 1.29 is 19.1 Å². The fourth-order valence-electron chi connectivity index (χ4n) is 1.08.